The molecule has 0 atom stereocenters. The number of ether oxygens (including phenoxy) is 2. The number of halogens is 1. The van der Waals surface area contributed by atoms with Crippen LogP contribution in [-0.2, 0) is 0 Å². The highest BCUT2D eigenvalue weighted by Crippen LogP contribution is 2.38. The van der Waals surface area contributed by atoms with Crippen LogP contribution in [0.15, 0.2) is 12.1 Å². The van der Waals surface area contributed by atoms with Crippen molar-refractivity contribution in [2.75, 3.05) is 19.8 Å². The second-order valence-electron chi connectivity index (χ2n) is 4.87. The highest BCUT2D eigenvalue weighted by molar-refractivity contribution is 6.32. The number of rotatable bonds is 5. The summed E-state index contributed by atoms with van der Waals surface area (Å²) in [6.07, 6.45) is 2.11. The Balaban J connectivity index is 2.08. The Kier molecular flexibility index (Phi) is 5.12. The van der Waals surface area contributed by atoms with Gasteiger partial charge in [-0.25, -0.2) is 0 Å². The van der Waals surface area contributed by atoms with Crippen LogP contribution < -0.4 is 14.8 Å². The summed E-state index contributed by atoms with van der Waals surface area (Å²) in [6.45, 7) is 5.88. The summed E-state index contributed by atoms with van der Waals surface area (Å²) in [5, 5.41) is 3.35. The summed E-state index contributed by atoms with van der Waals surface area (Å²) in [6, 6.07) is 3.31. The molecular formula is C15H20ClNO3. The lowest BCUT2D eigenvalue weighted by Gasteiger charge is -2.20. The lowest BCUT2D eigenvalue weighted by atomic mass is 10.0. The van der Waals surface area contributed by atoms with E-state index in [9.17, 15) is 4.79 Å². The zero-order chi connectivity index (χ0) is 14.5. The largest absolute Gasteiger partial charge is 0.486 e. The third kappa shape index (κ3) is 3.37. The molecule has 0 aliphatic carbocycles. The third-order valence-electron chi connectivity index (χ3n) is 3.57. The lowest BCUT2D eigenvalue weighted by Crippen LogP contribution is -2.29. The predicted octanol–water partition coefficient (Wildman–Crippen LogP) is 3.28. The van der Waals surface area contributed by atoms with E-state index >= 15 is 0 Å². The molecule has 1 aliphatic heterocycles. The Morgan fingerprint density at radius 2 is 2.00 bits per heavy atom. The maximum absolute atomic E-state index is 12.2. The number of amides is 1. The standard InChI is InChI=1S/C15H20ClNO3/c1-3-10(4-2)9-17-15(18)11-7-12(16)14-13(8-11)19-5-6-20-14/h7-8,10H,3-6,9H2,1-2H3,(H,17,18). The molecule has 1 amide bonds. The van der Waals surface area contributed by atoms with Gasteiger partial charge in [0.25, 0.3) is 5.91 Å². The molecule has 0 saturated carbocycles. The molecule has 0 aromatic heterocycles. The quantitative estimate of drug-likeness (QED) is 0.907. The molecular weight excluding hydrogens is 278 g/mol. The Morgan fingerprint density at radius 1 is 1.30 bits per heavy atom. The third-order valence-corrected chi connectivity index (χ3v) is 3.85. The maximum atomic E-state index is 12.2. The summed E-state index contributed by atoms with van der Waals surface area (Å²) in [4.78, 5) is 12.2. The fourth-order valence-corrected chi connectivity index (χ4v) is 2.42. The highest BCUT2D eigenvalue weighted by atomic mass is 35.5. The van der Waals surface area contributed by atoms with Crippen LogP contribution in [0.2, 0.25) is 5.02 Å². The summed E-state index contributed by atoms with van der Waals surface area (Å²) < 4.78 is 10.9. The van der Waals surface area contributed by atoms with E-state index in [-0.39, 0.29) is 5.91 Å². The number of fused-ring (bicyclic) bond motifs is 1. The molecule has 2 rings (SSSR count). The SMILES string of the molecule is CCC(CC)CNC(=O)c1cc(Cl)c2c(c1)OCCO2. The Hall–Kier alpha value is -1.42. The van der Waals surface area contributed by atoms with Gasteiger partial charge in [-0.05, 0) is 18.1 Å². The average Bonchev–Trinajstić information content (AvgIpc) is 2.48. The smallest absolute Gasteiger partial charge is 0.251 e. The van der Waals surface area contributed by atoms with Gasteiger partial charge in [0, 0.05) is 12.1 Å². The van der Waals surface area contributed by atoms with E-state index in [0.717, 1.165) is 12.8 Å². The second kappa shape index (κ2) is 6.84. The van der Waals surface area contributed by atoms with Crippen LogP contribution >= 0.6 is 11.6 Å². The van der Waals surface area contributed by atoms with Crippen molar-refractivity contribution in [1.82, 2.24) is 5.32 Å². The molecule has 1 aromatic carbocycles. The van der Waals surface area contributed by atoms with Crippen molar-refractivity contribution in [2.45, 2.75) is 26.7 Å². The summed E-state index contributed by atoms with van der Waals surface area (Å²) in [5.41, 5.74) is 0.505. The van der Waals surface area contributed by atoms with E-state index in [4.69, 9.17) is 21.1 Å². The number of benzene rings is 1. The Bertz CT molecular complexity index is 486. The maximum Gasteiger partial charge on any atom is 0.251 e. The number of hydrogen-bond acceptors (Lipinski definition) is 3. The minimum absolute atomic E-state index is 0.129. The predicted molar refractivity (Wildman–Crippen MR) is 78.8 cm³/mol. The van der Waals surface area contributed by atoms with E-state index in [0.29, 0.717) is 47.8 Å². The second-order valence-corrected chi connectivity index (χ2v) is 5.28. The first-order valence-corrected chi connectivity index (χ1v) is 7.40. The van der Waals surface area contributed by atoms with Gasteiger partial charge in [0.2, 0.25) is 0 Å². The zero-order valence-corrected chi connectivity index (χ0v) is 12.6. The number of nitrogens with one attached hydrogen (secondary N) is 1. The van der Waals surface area contributed by atoms with Gasteiger partial charge >= 0.3 is 0 Å². The summed E-state index contributed by atoms with van der Waals surface area (Å²) in [5.74, 6) is 1.44. The molecule has 0 saturated heterocycles. The normalized spacial score (nSPS) is 13.4. The summed E-state index contributed by atoms with van der Waals surface area (Å²) >= 11 is 6.12. The van der Waals surface area contributed by atoms with Gasteiger partial charge < -0.3 is 14.8 Å². The first-order chi connectivity index (χ1) is 9.65. The minimum atomic E-state index is -0.129. The molecule has 0 spiro atoms. The molecule has 5 heteroatoms. The fraction of sp³-hybridized carbons (Fsp3) is 0.533. The zero-order valence-electron chi connectivity index (χ0n) is 11.9. The van der Waals surface area contributed by atoms with Crippen LogP contribution in [-0.4, -0.2) is 25.7 Å². The number of carbonyl (C=O) groups excluding carboxylic acids is 1. The van der Waals surface area contributed by atoms with E-state index < -0.39 is 0 Å². The fourth-order valence-electron chi connectivity index (χ4n) is 2.16. The van der Waals surface area contributed by atoms with Crippen molar-refractivity contribution in [3.05, 3.63) is 22.7 Å². The van der Waals surface area contributed by atoms with Crippen molar-refractivity contribution >= 4 is 17.5 Å². The molecule has 110 valence electrons. The number of hydrogen-bond donors (Lipinski definition) is 1. The van der Waals surface area contributed by atoms with Crippen molar-refractivity contribution in [3.8, 4) is 11.5 Å². The molecule has 1 aromatic rings. The highest BCUT2D eigenvalue weighted by Gasteiger charge is 2.19. The van der Waals surface area contributed by atoms with Crippen LogP contribution in [0, 0.1) is 5.92 Å². The van der Waals surface area contributed by atoms with Crippen LogP contribution in [0.25, 0.3) is 0 Å². The topological polar surface area (TPSA) is 47.6 Å². The number of carbonyl (C=O) groups is 1. The first kappa shape index (κ1) is 15.0. The molecule has 1 aliphatic rings. The molecule has 20 heavy (non-hydrogen) atoms. The molecule has 1 heterocycles. The van der Waals surface area contributed by atoms with Crippen LogP contribution in [0.4, 0.5) is 0 Å². The van der Waals surface area contributed by atoms with Gasteiger partial charge in [0.15, 0.2) is 11.5 Å². The van der Waals surface area contributed by atoms with E-state index in [1.165, 1.54) is 0 Å². The van der Waals surface area contributed by atoms with Crippen molar-refractivity contribution in [3.63, 3.8) is 0 Å². The van der Waals surface area contributed by atoms with E-state index in [1.807, 2.05) is 0 Å². The lowest BCUT2D eigenvalue weighted by molar-refractivity contribution is 0.0945. The van der Waals surface area contributed by atoms with Crippen LogP contribution in [0.3, 0.4) is 0 Å². The molecule has 1 N–H and O–H groups in total. The molecule has 0 radical (unpaired) electrons. The van der Waals surface area contributed by atoms with Gasteiger partial charge in [-0.3, -0.25) is 4.79 Å². The van der Waals surface area contributed by atoms with E-state index in [2.05, 4.69) is 19.2 Å². The summed E-state index contributed by atoms with van der Waals surface area (Å²) in [7, 11) is 0. The van der Waals surface area contributed by atoms with Crippen molar-refractivity contribution < 1.29 is 14.3 Å². The molecule has 0 bridgehead atoms. The molecule has 0 unspecified atom stereocenters. The van der Waals surface area contributed by atoms with Gasteiger partial charge in [0.1, 0.15) is 13.2 Å². The Morgan fingerprint density at radius 3 is 2.70 bits per heavy atom. The van der Waals surface area contributed by atoms with Gasteiger partial charge in [-0.2, -0.15) is 0 Å². The average molecular weight is 298 g/mol. The van der Waals surface area contributed by atoms with Crippen molar-refractivity contribution in [2.24, 2.45) is 5.92 Å². The van der Waals surface area contributed by atoms with E-state index in [1.54, 1.807) is 12.1 Å². The Labute approximate surface area is 124 Å². The van der Waals surface area contributed by atoms with Gasteiger partial charge in [-0.1, -0.05) is 38.3 Å². The minimum Gasteiger partial charge on any atom is -0.486 e. The monoisotopic (exact) mass is 297 g/mol. The first-order valence-electron chi connectivity index (χ1n) is 7.03. The van der Waals surface area contributed by atoms with Gasteiger partial charge in [-0.15, -0.1) is 0 Å². The van der Waals surface area contributed by atoms with Crippen molar-refractivity contribution in [1.29, 1.82) is 0 Å². The van der Waals surface area contributed by atoms with Gasteiger partial charge in [0.05, 0.1) is 5.02 Å². The molecule has 4 nitrogen and oxygen atoms in total. The molecule has 0 fully saturated rings. The van der Waals surface area contributed by atoms with Crippen LogP contribution in [0.1, 0.15) is 37.0 Å². The van der Waals surface area contributed by atoms with Crippen LogP contribution in [0.5, 0.6) is 11.5 Å².